The van der Waals surface area contributed by atoms with Gasteiger partial charge in [0.15, 0.2) is 5.84 Å². The Kier molecular flexibility index (Phi) is 2.20. The maximum absolute atomic E-state index is 4.40. The Bertz CT molecular complexity index is 428. The van der Waals surface area contributed by atoms with Crippen LogP contribution < -0.4 is 0 Å². The molecule has 0 saturated heterocycles. The van der Waals surface area contributed by atoms with Crippen LogP contribution in [0, 0.1) is 13.8 Å². The predicted octanol–water partition coefficient (Wildman–Crippen LogP) is 2.52. The molecule has 0 N–H and O–H groups in total. The molecule has 1 aromatic rings. The van der Waals surface area contributed by atoms with Gasteiger partial charge in [-0.05, 0) is 38.0 Å². The zero-order valence-electron chi connectivity index (χ0n) is 8.83. The molecule has 2 heteroatoms. The smallest absolute Gasteiger partial charge is 0.154 e. The summed E-state index contributed by atoms with van der Waals surface area (Å²) in [5.74, 6) is 0.880. The number of nitrogens with zero attached hydrogens (tertiary/aromatic N) is 2. The second-order valence-corrected chi connectivity index (χ2v) is 3.79. The molecule has 0 unspecified atom stereocenters. The van der Waals surface area contributed by atoms with E-state index >= 15 is 0 Å². The summed E-state index contributed by atoms with van der Waals surface area (Å²) in [5.41, 5.74) is 4.83. The van der Waals surface area contributed by atoms with Gasteiger partial charge in [-0.15, -0.1) is 0 Å². The average molecular weight is 186 g/mol. The van der Waals surface area contributed by atoms with E-state index in [1.54, 1.807) is 0 Å². The molecule has 1 aliphatic heterocycles. The van der Waals surface area contributed by atoms with E-state index in [1.807, 2.05) is 6.92 Å². The zero-order chi connectivity index (χ0) is 10.1. The zero-order valence-corrected chi connectivity index (χ0v) is 8.83. The predicted molar refractivity (Wildman–Crippen MR) is 60.4 cm³/mol. The molecular formula is C12H14N2. The molecule has 0 spiro atoms. The van der Waals surface area contributed by atoms with Gasteiger partial charge in [-0.25, -0.2) is 4.99 Å². The number of aryl methyl sites for hydroxylation is 2. The van der Waals surface area contributed by atoms with Crippen molar-refractivity contribution >= 4 is 11.5 Å². The fraction of sp³-hybridized carbons (Fsp3) is 0.333. The van der Waals surface area contributed by atoms with Crippen LogP contribution in [0.15, 0.2) is 28.2 Å². The van der Waals surface area contributed by atoms with Crippen LogP contribution in [-0.4, -0.2) is 18.1 Å². The summed E-state index contributed by atoms with van der Waals surface area (Å²) < 4.78 is 0. The lowest BCUT2D eigenvalue weighted by atomic mass is 10.1. The van der Waals surface area contributed by atoms with Crippen molar-refractivity contribution in [1.82, 2.24) is 0 Å². The number of aliphatic imine (C=N–C) groups is 2. The minimum atomic E-state index is 0.752. The first kappa shape index (κ1) is 9.13. The highest BCUT2D eigenvalue weighted by molar-refractivity contribution is 6.11. The minimum absolute atomic E-state index is 0.752. The van der Waals surface area contributed by atoms with Gasteiger partial charge in [0.05, 0.1) is 6.54 Å². The summed E-state index contributed by atoms with van der Waals surface area (Å²) in [6.07, 6.45) is 0. The molecule has 72 valence electrons. The Balaban J connectivity index is 2.39. The van der Waals surface area contributed by atoms with E-state index in [4.69, 9.17) is 0 Å². The van der Waals surface area contributed by atoms with Crippen molar-refractivity contribution in [3.8, 4) is 0 Å². The molecule has 0 atom stereocenters. The van der Waals surface area contributed by atoms with Gasteiger partial charge >= 0.3 is 0 Å². The van der Waals surface area contributed by atoms with Gasteiger partial charge in [0.2, 0.25) is 0 Å². The first-order valence-corrected chi connectivity index (χ1v) is 4.83. The first-order valence-electron chi connectivity index (χ1n) is 4.83. The summed E-state index contributed by atoms with van der Waals surface area (Å²) in [5, 5.41) is 0. The van der Waals surface area contributed by atoms with Crippen molar-refractivity contribution < 1.29 is 0 Å². The number of amidine groups is 1. The van der Waals surface area contributed by atoms with Crippen molar-refractivity contribution in [3.05, 3.63) is 34.9 Å². The van der Waals surface area contributed by atoms with Crippen molar-refractivity contribution in [2.45, 2.75) is 20.8 Å². The van der Waals surface area contributed by atoms with Gasteiger partial charge in [0.25, 0.3) is 0 Å². The fourth-order valence-corrected chi connectivity index (χ4v) is 1.48. The van der Waals surface area contributed by atoms with E-state index in [2.05, 4.69) is 42.0 Å². The molecule has 2 rings (SSSR count). The van der Waals surface area contributed by atoms with Crippen LogP contribution in [0.3, 0.4) is 0 Å². The third-order valence-corrected chi connectivity index (χ3v) is 2.52. The second kappa shape index (κ2) is 3.37. The van der Waals surface area contributed by atoms with E-state index in [9.17, 15) is 0 Å². The highest BCUT2D eigenvalue weighted by Gasteiger charge is 2.08. The van der Waals surface area contributed by atoms with Crippen molar-refractivity contribution in [2.75, 3.05) is 6.54 Å². The van der Waals surface area contributed by atoms with E-state index in [0.717, 1.165) is 23.7 Å². The molecule has 14 heavy (non-hydrogen) atoms. The van der Waals surface area contributed by atoms with Crippen LogP contribution in [0.4, 0.5) is 0 Å². The Morgan fingerprint density at radius 3 is 2.43 bits per heavy atom. The molecule has 0 amide bonds. The van der Waals surface area contributed by atoms with Crippen LogP contribution in [-0.2, 0) is 0 Å². The van der Waals surface area contributed by atoms with Crippen LogP contribution in [0.1, 0.15) is 23.6 Å². The van der Waals surface area contributed by atoms with E-state index < -0.39 is 0 Å². The summed E-state index contributed by atoms with van der Waals surface area (Å²) >= 11 is 0. The molecule has 0 aliphatic carbocycles. The molecule has 1 heterocycles. The topological polar surface area (TPSA) is 24.7 Å². The largest absolute Gasteiger partial charge is 0.260 e. The number of hydrogen-bond donors (Lipinski definition) is 0. The Hall–Kier alpha value is -1.44. The number of hydrogen-bond acceptors (Lipinski definition) is 2. The Morgan fingerprint density at radius 2 is 1.86 bits per heavy atom. The average Bonchev–Trinajstić information content (AvgIpc) is 2.57. The third kappa shape index (κ3) is 1.60. The van der Waals surface area contributed by atoms with Crippen LogP contribution in [0.2, 0.25) is 0 Å². The SMILES string of the molecule is CC1=NC(c2ccc(C)c(C)c2)=NC1. The standard InChI is InChI=1S/C12H14N2/c1-8-4-5-11(6-9(8)2)12-13-7-10(3)14-12/h4-6H,7H2,1-3H3. The Labute approximate surface area is 84.4 Å². The van der Waals surface area contributed by atoms with Crippen LogP contribution in [0.25, 0.3) is 0 Å². The molecule has 1 aliphatic rings. The first-order chi connectivity index (χ1) is 6.66. The minimum Gasteiger partial charge on any atom is -0.260 e. The molecule has 0 aromatic heterocycles. The van der Waals surface area contributed by atoms with Crippen LogP contribution >= 0.6 is 0 Å². The van der Waals surface area contributed by atoms with Gasteiger partial charge in [-0.3, -0.25) is 4.99 Å². The van der Waals surface area contributed by atoms with Gasteiger partial charge in [0, 0.05) is 11.3 Å². The van der Waals surface area contributed by atoms with Gasteiger partial charge in [0.1, 0.15) is 0 Å². The normalized spacial score (nSPS) is 15.4. The number of rotatable bonds is 1. The van der Waals surface area contributed by atoms with Crippen LogP contribution in [0.5, 0.6) is 0 Å². The molecule has 0 fully saturated rings. The Morgan fingerprint density at radius 1 is 1.07 bits per heavy atom. The lowest BCUT2D eigenvalue weighted by Gasteiger charge is -2.02. The maximum atomic E-state index is 4.40. The summed E-state index contributed by atoms with van der Waals surface area (Å²) in [6.45, 7) is 6.99. The third-order valence-electron chi connectivity index (χ3n) is 2.52. The molecule has 0 bridgehead atoms. The summed E-state index contributed by atoms with van der Waals surface area (Å²) in [6, 6.07) is 6.36. The highest BCUT2D eigenvalue weighted by atomic mass is 15.0. The van der Waals surface area contributed by atoms with E-state index in [1.165, 1.54) is 11.1 Å². The lowest BCUT2D eigenvalue weighted by Crippen LogP contribution is -1.95. The monoisotopic (exact) mass is 186 g/mol. The molecule has 2 nitrogen and oxygen atoms in total. The van der Waals surface area contributed by atoms with Gasteiger partial charge in [-0.1, -0.05) is 12.1 Å². The highest BCUT2D eigenvalue weighted by Crippen LogP contribution is 2.13. The fourth-order valence-electron chi connectivity index (χ4n) is 1.48. The van der Waals surface area contributed by atoms with E-state index in [-0.39, 0.29) is 0 Å². The molecule has 0 radical (unpaired) electrons. The molecule has 0 saturated carbocycles. The second-order valence-electron chi connectivity index (χ2n) is 3.79. The van der Waals surface area contributed by atoms with Crippen molar-refractivity contribution in [1.29, 1.82) is 0 Å². The lowest BCUT2D eigenvalue weighted by molar-refractivity contribution is 1.31. The molecular weight excluding hydrogens is 172 g/mol. The maximum Gasteiger partial charge on any atom is 0.154 e. The van der Waals surface area contributed by atoms with Crippen molar-refractivity contribution in [2.24, 2.45) is 9.98 Å². The summed E-state index contributed by atoms with van der Waals surface area (Å²) in [7, 11) is 0. The van der Waals surface area contributed by atoms with Gasteiger partial charge < -0.3 is 0 Å². The summed E-state index contributed by atoms with van der Waals surface area (Å²) in [4.78, 5) is 8.77. The van der Waals surface area contributed by atoms with Gasteiger partial charge in [-0.2, -0.15) is 0 Å². The molecule has 1 aromatic carbocycles. The van der Waals surface area contributed by atoms with E-state index in [0.29, 0.717) is 0 Å². The van der Waals surface area contributed by atoms with Crippen molar-refractivity contribution in [3.63, 3.8) is 0 Å². The number of benzene rings is 1. The quantitative estimate of drug-likeness (QED) is 0.644.